The number of rotatable bonds is 7. The number of hydrogen-bond donors (Lipinski definition) is 4. The molecule has 0 heterocycles. The zero-order valence-electron chi connectivity index (χ0n) is 11.0. The molecule has 0 radical (unpaired) electrons. The highest BCUT2D eigenvalue weighted by atomic mass is 16.5. The van der Waals surface area contributed by atoms with Gasteiger partial charge in [-0.25, -0.2) is 4.79 Å². The lowest BCUT2D eigenvalue weighted by Crippen LogP contribution is -2.43. The van der Waals surface area contributed by atoms with Crippen LogP contribution in [0.5, 0.6) is 11.5 Å². The Balaban J connectivity index is 2.54. The lowest BCUT2D eigenvalue weighted by molar-refractivity contribution is -0.142. The first-order valence-electron chi connectivity index (χ1n) is 5.96. The number of hydrogen-bond acceptors (Lipinski definition) is 5. The Labute approximate surface area is 115 Å². The Morgan fingerprint density at radius 3 is 2.65 bits per heavy atom. The second kappa shape index (κ2) is 7.34. The summed E-state index contributed by atoms with van der Waals surface area (Å²) in [5.74, 6) is -1.45. The number of aliphatic hydroxyl groups excluding tert-OH is 1. The Morgan fingerprint density at radius 1 is 1.40 bits per heavy atom. The predicted molar refractivity (Wildman–Crippen MR) is 69.6 cm³/mol. The molecule has 7 nitrogen and oxygen atoms in total. The molecule has 1 aromatic carbocycles. The molecule has 110 valence electrons. The summed E-state index contributed by atoms with van der Waals surface area (Å²) in [4.78, 5) is 22.2. The standard InChI is InChI=1S/C13H17NO6/c1-20-11-6-8(2-4-10(11)16)3-5-12(17)14-9(7-15)13(18)19/h2,4,6,9,15-16H,3,5,7H2,1H3,(H,14,17)(H,18,19)/t9-/m0/s1. The van der Waals surface area contributed by atoms with E-state index in [1.165, 1.54) is 13.2 Å². The van der Waals surface area contributed by atoms with Crippen molar-refractivity contribution in [2.75, 3.05) is 13.7 Å². The summed E-state index contributed by atoms with van der Waals surface area (Å²) in [6, 6.07) is 3.41. The number of carboxylic acids is 1. The molecular formula is C13H17NO6. The number of aliphatic hydroxyl groups is 1. The molecule has 0 aliphatic carbocycles. The average molecular weight is 283 g/mol. The van der Waals surface area contributed by atoms with Gasteiger partial charge in [0.15, 0.2) is 11.5 Å². The maximum atomic E-state index is 11.5. The summed E-state index contributed by atoms with van der Waals surface area (Å²) in [6.45, 7) is -0.659. The number of carboxylic acid groups (broad SMARTS) is 1. The maximum absolute atomic E-state index is 11.5. The minimum absolute atomic E-state index is 0.00641. The zero-order valence-corrected chi connectivity index (χ0v) is 11.0. The van der Waals surface area contributed by atoms with Crippen LogP contribution in [0.2, 0.25) is 0 Å². The van der Waals surface area contributed by atoms with Gasteiger partial charge in [-0.05, 0) is 24.1 Å². The van der Waals surface area contributed by atoms with Crippen molar-refractivity contribution >= 4 is 11.9 Å². The van der Waals surface area contributed by atoms with E-state index < -0.39 is 24.5 Å². The van der Waals surface area contributed by atoms with Gasteiger partial charge in [0, 0.05) is 6.42 Å². The molecule has 0 aliphatic rings. The first-order chi connectivity index (χ1) is 9.47. The molecule has 0 saturated heterocycles. The molecule has 1 aromatic rings. The Bertz CT molecular complexity index is 488. The van der Waals surface area contributed by atoms with Crippen LogP contribution in [0.4, 0.5) is 0 Å². The molecular weight excluding hydrogens is 266 g/mol. The van der Waals surface area contributed by atoms with E-state index >= 15 is 0 Å². The fourth-order valence-corrected chi connectivity index (χ4v) is 1.59. The molecule has 0 fully saturated rings. The molecule has 1 rings (SSSR count). The highest BCUT2D eigenvalue weighted by Crippen LogP contribution is 2.26. The number of aliphatic carboxylic acids is 1. The monoisotopic (exact) mass is 283 g/mol. The lowest BCUT2D eigenvalue weighted by atomic mass is 10.1. The molecule has 0 spiro atoms. The van der Waals surface area contributed by atoms with Crippen molar-refractivity contribution in [1.82, 2.24) is 5.32 Å². The van der Waals surface area contributed by atoms with E-state index in [1.54, 1.807) is 12.1 Å². The van der Waals surface area contributed by atoms with Gasteiger partial charge in [0.2, 0.25) is 5.91 Å². The number of methoxy groups -OCH3 is 1. The number of phenols is 1. The van der Waals surface area contributed by atoms with Gasteiger partial charge in [-0.1, -0.05) is 6.07 Å². The molecule has 0 aromatic heterocycles. The second-order valence-corrected chi connectivity index (χ2v) is 4.15. The highest BCUT2D eigenvalue weighted by molar-refractivity contribution is 5.83. The Kier molecular flexibility index (Phi) is 5.79. The first-order valence-corrected chi connectivity index (χ1v) is 5.96. The number of ether oxygens (including phenoxy) is 1. The number of aromatic hydroxyl groups is 1. The number of amides is 1. The third-order valence-corrected chi connectivity index (χ3v) is 2.70. The van der Waals surface area contributed by atoms with E-state index in [-0.39, 0.29) is 12.2 Å². The fraction of sp³-hybridized carbons (Fsp3) is 0.385. The number of phenolic OH excluding ortho intramolecular Hbond substituents is 1. The van der Waals surface area contributed by atoms with E-state index in [2.05, 4.69) is 5.32 Å². The molecule has 0 aliphatic heterocycles. The van der Waals surface area contributed by atoms with Gasteiger partial charge in [-0.3, -0.25) is 4.79 Å². The van der Waals surface area contributed by atoms with Gasteiger partial charge in [0.05, 0.1) is 13.7 Å². The summed E-state index contributed by atoms with van der Waals surface area (Å²) in [7, 11) is 1.42. The minimum atomic E-state index is -1.29. The van der Waals surface area contributed by atoms with Crippen molar-refractivity contribution in [1.29, 1.82) is 0 Å². The van der Waals surface area contributed by atoms with Crippen molar-refractivity contribution in [2.45, 2.75) is 18.9 Å². The molecule has 1 atom stereocenters. The number of benzene rings is 1. The van der Waals surface area contributed by atoms with Crippen LogP contribution in [0.1, 0.15) is 12.0 Å². The summed E-state index contributed by atoms with van der Waals surface area (Å²) < 4.78 is 4.94. The fourth-order valence-electron chi connectivity index (χ4n) is 1.59. The van der Waals surface area contributed by atoms with E-state index in [0.717, 1.165) is 5.56 Å². The summed E-state index contributed by atoms with van der Waals surface area (Å²) >= 11 is 0. The zero-order chi connectivity index (χ0) is 15.1. The Morgan fingerprint density at radius 2 is 2.10 bits per heavy atom. The van der Waals surface area contributed by atoms with E-state index in [4.69, 9.17) is 14.9 Å². The summed E-state index contributed by atoms with van der Waals surface area (Å²) in [5, 5.41) is 29.1. The van der Waals surface area contributed by atoms with Crippen LogP contribution in [-0.4, -0.2) is 47.0 Å². The highest BCUT2D eigenvalue weighted by Gasteiger charge is 2.18. The van der Waals surface area contributed by atoms with E-state index in [1.807, 2.05) is 0 Å². The normalized spacial score (nSPS) is 11.7. The van der Waals surface area contributed by atoms with Crippen LogP contribution in [0.25, 0.3) is 0 Å². The topological polar surface area (TPSA) is 116 Å². The maximum Gasteiger partial charge on any atom is 0.328 e. The minimum Gasteiger partial charge on any atom is -0.504 e. The number of aryl methyl sites for hydroxylation is 1. The van der Waals surface area contributed by atoms with Crippen molar-refractivity contribution in [3.8, 4) is 11.5 Å². The van der Waals surface area contributed by atoms with Crippen molar-refractivity contribution in [3.05, 3.63) is 23.8 Å². The molecule has 4 N–H and O–H groups in total. The largest absolute Gasteiger partial charge is 0.504 e. The summed E-state index contributed by atoms with van der Waals surface area (Å²) in [6.07, 6.45) is 0.429. The van der Waals surface area contributed by atoms with Crippen LogP contribution in [-0.2, 0) is 16.0 Å². The average Bonchev–Trinajstić information content (AvgIpc) is 2.43. The summed E-state index contributed by atoms with van der Waals surface area (Å²) in [5.41, 5.74) is 0.769. The van der Waals surface area contributed by atoms with Gasteiger partial charge < -0.3 is 25.4 Å². The van der Waals surface area contributed by atoms with Crippen molar-refractivity contribution < 1.29 is 29.6 Å². The van der Waals surface area contributed by atoms with Crippen LogP contribution >= 0.6 is 0 Å². The molecule has 0 unspecified atom stereocenters. The first kappa shape index (κ1) is 15.8. The van der Waals surface area contributed by atoms with Gasteiger partial charge in [0.1, 0.15) is 6.04 Å². The quantitative estimate of drug-likeness (QED) is 0.555. The number of nitrogens with one attached hydrogen (secondary N) is 1. The molecule has 7 heteroatoms. The van der Waals surface area contributed by atoms with Crippen LogP contribution in [0.15, 0.2) is 18.2 Å². The van der Waals surface area contributed by atoms with Crippen LogP contribution in [0, 0.1) is 0 Å². The number of carbonyl (C=O) groups excluding carboxylic acids is 1. The molecule has 20 heavy (non-hydrogen) atoms. The van der Waals surface area contributed by atoms with Crippen molar-refractivity contribution in [3.63, 3.8) is 0 Å². The predicted octanol–water partition coefficient (Wildman–Crippen LogP) is -0.105. The van der Waals surface area contributed by atoms with Gasteiger partial charge in [-0.15, -0.1) is 0 Å². The second-order valence-electron chi connectivity index (χ2n) is 4.15. The SMILES string of the molecule is COc1cc(CCC(=O)N[C@@H](CO)C(=O)O)ccc1O. The Hall–Kier alpha value is -2.28. The van der Waals surface area contributed by atoms with Crippen LogP contribution < -0.4 is 10.1 Å². The molecule has 1 amide bonds. The smallest absolute Gasteiger partial charge is 0.328 e. The lowest BCUT2D eigenvalue weighted by Gasteiger charge is -2.11. The molecule has 0 saturated carbocycles. The van der Waals surface area contributed by atoms with E-state index in [9.17, 15) is 14.7 Å². The number of carbonyl (C=O) groups is 2. The molecule has 0 bridgehead atoms. The third kappa shape index (κ3) is 4.43. The van der Waals surface area contributed by atoms with E-state index in [0.29, 0.717) is 12.2 Å². The van der Waals surface area contributed by atoms with Gasteiger partial charge >= 0.3 is 5.97 Å². The van der Waals surface area contributed by atoms with Gasteiger partial charge in [0.25, 0.3) is 0 Å². The van der Waals surface area contributed by atoms with Crippen LogP contribution in [0.3, 0.4) is 0 Å². The van der Waals surface area contributed by atoms with Gasteiger partial charge in [-0.2, -0.15) is 0 Å². The third-order valence-electron chi connectivity index (χ3n) is 2.70. The van der Waals surface area contributed by atoms with Crippen molar-refractivity contribution in [2.24, 2.45) is 0 Å².